The third-order valence-electron chi connectivity index (χ3n) is 3.99. The highest BCUT2D eigenvalue weighted by Gasteiger charge is 2.29. The van der Waals surface area contributed by atoms with E-state index in [1.165, 1.54) is 39.5 Å². The lowest BCUT2D eigenvalue weighted by Gasteiger charge is -2.34. The van der Waals surface area contributed by atoms with Crippen molar-refractivity contribution in [1.29, 1.82) is 0 Å². The third kappa shape index (κ3) is 3.42. The molecule has 2 heterocycles. The molecule has 0 radical (unpaired) electrons. The Balaban J connectivity index is 1.80. The van der Waals surface area contributed by atoms with Crippen molar-refractivity contribution in [2.24, 2.45) is 0 Å². The number of rotatable bonds is 4. The van der Waals surface area contributed by atoms with E-state index < -0.39 is 0 Å². The van der Waals surface area contributed by atoms with Crippen LogP contribution in [0.3, 0.4) is 0 Å². The number of carbonyl (C=O) groups is 1. The molecule has 2 saturated heterocycles. The first-order valence-corrected chi connectivity index (χ1v) is 6.85. The highest BCUT2D eigenvalue weighted by molar-refractivity contribution is 5.75. The largest absolute Gasteiger partial charge is 0.468 e. The quantitative estimate of drug-likeness (QED) is 0.689. The molecule has 0 bridgehead atoms. The molecule has 2 fully saturated rings. The summed E-state index contributed by atoms with van der Waals surface area (Å²) in [4.78, 5) is 16.5. The van der Waals surface area contributed by atoms with Gasteiger partial charge in [-0.2, -0.15) is 0 Å². The number of piperidine rings is 1. The molecule has 98 valence electrons. The smallest absolute Gasteiger partial charge is 0.323 e. The number of carbonyl (C=O) groups excluding carboxylic acids is 1. The molecule has 0 amide bonds. The minimum Gasteiger partial charge on any atom is -0.468 e. The van der Waals surface area contributed by atoms with Gasteiger partial charge in [0.1, 0.15) is 6.04 Å². The van der Waals surface area contributed by atoms with E-state index in [0.717, 1.165) is 32.5 Å². The second kappa shape index (κ2) is 6.36. The number of likely N-dealkylation sites (tertiary alicyclic amines) is 2. The summed E-state index contributed by atoms with van der Waals surface area (Å²) in [5.74, 6) is -0.0499. The van der Waals surface area contributed by atoms with E-state index in [1.54, 1.807) is 0 Å². The Hall–Kier alpha value is -0.610. The van der Waals surface area contributed by atoms with Gasteiger partial charge in [-0.1, -0.05) is 6.42 Å². The summed E-state index contributed by atoms with van der Waals surface area (Å²) >= 11 is 0. The van der Waals surface area contributed by atoms with Crippen LogP contribution in [0.1, 0.15) is 32.1 Å². The van der Waals surface area contributed by atoms with Gasteiger partial charge in [-0.05, 0) is 45.3 Å². The lowest BCUT2D eigenvalue weighted by Crippen LogP contribution is -2.47. The average Bonchev–Trinajstić information content (AvgIpc) is 2.89. The molecule has 0 N–H and O–H groups in total. The fourth-order valence-electron chi connectivity index (χ4n) is 2.94. The van der Waals surface area contributed by atoms with Gasteiger partial charge in [-0.3, -0.25) is 9.69 Å². The zero-order valence-electron chi connectivity index (χ0n) is 10.9. The van der Waals surface area contributed by atoms with Crippen molar-refractivity contribution in [2.75, 3.05) is 39.8 Å². The Kier molecular flexibility index (Phi) is 4.80. The molecule has 0 aromatic heterocycles. The molecule has 0 spiro atoms. The molecule has 2 aliphatic heterocycles. The zero-order valence-corrected chi connectivity index (χ0v) is 10.9. The molecule has 0 aromatic carbocycles. The van der Waals surface area contributed by atoms with Gasteiger partial charge < -0.3 is 9.64 Å². The summed E-state index contributed by atoms with van der Waals surface area (Å²) in [6.07, 6.45) is 6.00. The molecular formula is C13H24N2O2. The summed E-state index contributed by atoms with van der Waals surface area (Å²) < 4.78 is 4.90. The molecule has 2 rings (SSSR count). The van der Waals surface area contributed by atoms with Gasteiger partial charge in [0.15, 0.2) is 0 Å². The van der Waals surface area contributed by atoms with Gasteiger partial charge in [0.05, 0.1) is 7.11 Å². The molecule has 4 nitrogen and oxygen atoms in total. The molecule has 1 unspecified atom stereocenters. The highest BCUT2D eigenvalue weighted by atomic mass is 16.5. The van der Waals surface area contributed by atoms with E-state index in [9.17, 15) is 4.79 Å². The van der Waals surface area contributed by atoms with Gasteiger partial charge in [0.25, 0.3) is 0 Å². The van der Waals surface area contributed by atoms with Crippen molar-refractivity contribution in [3.05, 3.63) is 0 Å². The minimum atomic E-state index is -0.0499. The Labute approximate surface area is 104 Å². The van der Waals surface area contributed by atoms with E-state index in [1.807, 2.05) is 0 Å². The number of methoxy groups -OCH3 is 1. The van der Waals surface area contributed by atoms with Crippen molar-refractivity contribution in [3.63, 3.8) is 0 Å². The summed E-state index contributed by atoms with van der Waals surface area (Å²) in [7, 11) is 1.50. The topological polar surface area (TPSA) is 32.8 Å². The summed E-state index contributed by atoms with van der Waals surface area (Å²) in [6.45, 7) is 5.63. The third-order valence-corrected chi connectivity index (χ3v) is 3.99. The molecule has 0 aromatic rings. The lowest BCUT2D eigenvalue weighted by atomic mass is 10.0. The van der Waals surface area contributed by atoms with Crippen LogP contribution in [-0.2, 0) is 9.53 Å². The second-order valence-electron chi connectivity index (χ2n) is 5.12. The monoisotopic (exact) mass is 240 g/mol. The van der Waals surface area contributed by atoms with Gasteiger partial charge in [0.2, 0.25) is 0 Å². The molecule has 1 atom stereocenters. The Morgan fingerprint density at radius 2 is 1.82 bits per heavy atom. The molecule has 0 aliphatic carbocycles. The first kappa shape index (κ1) is 12.8. The average molecular weight is 240 g/mol. The Bertz CT molecular complexity index is 252. The first-order chi connectivity index (χ1) is 8.31. The second-order valence-corrected chi connectivity index (χ2v) is 5.12. The highest BCUT2D eigenvalue weighted by Crippen LogP contribution is 2.18. The van der Waals surface area contributed by atoms with E-state index >= 15 is 0 Å². The van der Waals surface area contributed by atoms with Crippen molar-refractivity contribution < 1.29 is 9.53 Å². The van der Waals surface area contributed by atoms with Gasteiger partial charge in [0, 0.05) is 13.1 Å². The maximum Gasteiger partial charge on any atom is 0.323 e. The molecule has 2 aliphatic rings. The molecular weight excluding hydrogens is 216 g/mol. The van der Waals surface area contributed by atoms with Crippen molar-refractivity contribution in [2.45, 2.75) is 38.1 Å². The first-order valence-electron chi connectivity index (χ1n) is 6.85. The van der Waals surface area contributed by atoms with Crippen LogP contribution in [0, 0.1) is 0 Å². The van der Waals surface area contributed by atoms with E-state index in [4.69, 9.17) is 4.74 Å². The number of esters is 1. The van der Waals surface area contributed by atoms with E-state index in [-0.39, 0.29) is 12.0 Å². The molecule has 17 heavy (non-hydrogen) atoms. The normalized spacial score (nSPS) is 27.2. The predicted molar refractivity (Wildman–Crippen MR) is 66.9 cm³/mol. The lowest BCUT2D eigenvalue weighted by molar-refractivity contribution is -0.148. The van der Waals surface area contributed by atoms with E-state index in [0.29, 0.717) is 0 Å². The van der Waals surface area contributed by atoms with Gasteiger partial charge in [-0.15, -0.1) is 0 Å². The minimum absolute atomic E-state index is 0.0105. The number of hydrogen-bond donors (Lipinski definition) is 0. The van der Waals surface area contributed by atoms with Crippen LogP contribution in [0.2, 0.25) is 0 Å². The number of ether oxygens (including phenoxy) is 1. The SMILES string of the molecule is COC(=O)C1CCCCN1CCN1CCCC1. The maximum absolute atomic E-state index is 11.7. The van der Waals surface area contributed by atoms with Crippen LogP contribution in [0.15, 0.2) is 0 Å². The molecule has 0 saturated carbocycles. The zero-order chi connectivity index (χ0) is 12.1. The maximum atomic E-state index is 11.7. The van der Waals surface area contributed by atoms with Crippen molar-refractivity contribution in [1.82, 2.24) is 9.80 Å². The van der Waals surface area contributed by atoms with Crippen LogP contribution in [0.5, 0.6) is 0 Å². The number of hydrogen-bond acceptors (Lipinski definition) is 4. The van der Waals surface area contributed by atoms with Crippen LogP contribution >= 0.6 is 0 Å². The van der Waals surface area contributed by atoms with Gasteiger partial charge in [-0.25, -0.2) is 0 Å². The van der Waals surface area contributed by atoms with Crippen LogP contribution in [-0.4, -0.2) is 61.6 Å². The number of nitrogens with zero attached hydrogens (tertiary/aromatic N) is 2. The van der Waals surface area contributed by atoms with Crippen molar-refractivity contribution in [3.8, 4) is 0 Å². The fourth-order valence-corrected chi connectivity index (χ4v) is 2.94. The standard InChI is InChI=1S/C13H24N2O2/c1-17-13(16)12-6-2-3-9-15(12)11-10-14-7-4-5-8-14/h12H,2-11H2,1H3. The van der Waals surface area contributed by atoms with Gasteiger partial charge >= 0.3 is 5.97 Å². The summed E-state index contributed by atoms with van der Waals surface area (Å²) in [6, 6.07) is 0.0105. The van der Waals surface area contributed by atoms with Crippen LogP contribution in [0.25, 0.3) is 0 Å². The molecule has 4 heteroatoms. The summed E-state index contributed by atoms with van der Waals surface area (Å²) in [5, 5.41) is 0. The Morgan fingerprint density at radius 1 is 1.12 bits per heavy atom. The van der Waals surface area contributed by atoms with Crippen LogP contribution in [0.4, 0.5) is 0 Å². The Morgan fingerprint density at radius 3 is 2.53 bits per heavy atom. The van der Waals surface area contributed by atoms with E-state index in [2.05, 4.69) is 9.80 Å². The van der Waals surface area contributed by atoms with Crippen LogP contribution < -0.4 is 0 Å². The predicted octanol–water partition coefficient (Wildman–Crippen LogP) is 1.11. The van der Waals surface area contributed by atoms with Crippen molar-refractivity contribution >= 4 is 5.97 Å². The summed E-state index contributed by atoms with van der Waals surface area (Å²) in [5.41, 5.74) is 0. The fraction of sp³-hybridized carbons (Fsp3) is 0.923.